The first kappa shape index (κ1) is 16.6. The lowest BCUT2D eigenvalue weighted by Gasteiger charge is -2.34. The number of fused-ring (bicyclic) bond motifs is 1. The van der Waals surface area contributed by atoms with Crippen LogP contribution in [0.4, 0.5) is 0 Å². The molecule has 2 saturated heterocycles. The molecule has 1 atom stereocenters. The van der Waals surface area contributed by atoms with Crippen molar-refractivity contribution in [1.29, 1.82) is 0 Å². The molecule has 23 heavy (non-hydrogen) atoms. The average molecular weight is 337 g/mol. The smallest absolute Gasteiger partial charge is 0.230 e. The van der Waals surface area contributed by atoms with E-state index in [1.807, 2.05) is 24.3 Å². The number of nitrogens with one attached hydrogen (secondary N) is 1. The zero-order valence-electron chi connectivity index (χ0n) is 13.4. The lowest BCUT2D eigenvalue weighted by Crippen LogP contribution is -2.41. The minimum Gasteiger partial charge on any atom is -0.493 e. The molecule has 4 nitrogen and oxygen atoms in total. The number of nitrogens with zero attached hydrogens (tertiary/aromatic N) is 1. The van der Waals surface area contributed by atoms with E-state index in [9.17, 15) is 4.79 Å². The maximum absolute atomic E-state index is 13.0. The van der Waals surface area contributed by atoms with Crippen LogP contribution in [0.2, 0.25) is 0 Å². The van der Waals surface area contributed by atoms with Crippen molar-refractivity contribution in [1.82, 2.24) is 10.2 Å². The second kappa shape index (κ2) is 6.70. The number of piperidine rings is 1. The molecule has 0 bridgehead atoms. The Balaban J connectivity index is 0.00000156. The lowest BCUT2D eigenvalue weighted by molar-refractivity contribution is -0.133. The first-order valence-corrected chi connectivity index (χ1v) is 8.49. The van der Waals surface area contributed by atoms with E-state index in [1.54, 1.807) is 0 Å². The molecular weight excluding hydrogens is 312 g/mol. The van der Waals surface area contributed by atoms with Gasteiger partial charge < -0.3 is 15.0 Å². The number of carbonyl (C=O) groups is 1. The summed E-state index contributed by atoms with van der Waals surface area (Å²) in [6.45, 7) is 4.73. The molecule has 3 aliphatic heterocycles. The third-order valence-electron chi connectivity index (χ3n) is 5.67. The highest BCUT2D eigenvalue weighted by Crippen LogP contribution is 2.41. The summed E-state index contributed by atoms with van der Waals surface area (Å²) < 4.78 is 5.70. The van der Waals surface area contributed by atoms with Gasteiger partial charge in [-0.2, -0.15) is 0 Å². The fourth-order valence-corrected chi connectivity index (χ4v) is 4.31. The highest BCUT2D eigenvalue weighted by Gasteiger charge is 2.42. The highest BCUT2D eigenvalue weighted by molar-refractivity contribution is 5.85. The number of halogens is 1. The Bertz CT molecular complexity index is 572. The molecule has 4 rings (SSSR count). The molecule has 3 aliphatic rings. The van der Waals surface area contributed by atoms with Gasteiger partial charge >= 0.3 is 0 Å². The van der Waals surface area contributed by atoms with Gasteiger partial charge in [0, 0.05) is 18.7 Å². The number of carbonyl (C=O) groups excluding carboxylic acids is 1. The van der Waals surface area contributed by atoms with Gasteiger partial charge in [0.2, 0.25) is 5.91 Å². The molecule has 0 aliphatic carbocycles. The van der Waals surface area contributed by atoms with Crippen molar-refractivity contribution in [3.05, 3.63) is 29.8 Å². The molecule has 1 aromatic carbocycles. The summed E-state index contributed by atoms with van der Waals surface area (Å²) in [6, 6.07) is 8.01. The SMILES string of the molecule is Cl.O=C(C1CCOc2ccccc21)N1CCC2(CCNCC2)C1. The lowest BCUT2D eigenvalue weighted by atomic mass is 9.78. The molecule has 1 unspecified atom stereocenters. The Morgan fingerprint density at radius 3 is 2.83 bits per heavy atom. The quantitative estimate of drug-likeness (QED) is 0.857. The fraction of sp³-hybridized carbons (Fsp3) is 0.611. The van der Waals surface area contributed by atoms with Crippen LogP contribution in [0.3, 0.4) is 0 Å². The zero-order valence-corrected chi connectivity index (χ0v) is 14.2. The number of hydrogen-bond donors (Lipinski definition) is 1. The van der Waals surface area contributed by atoms with Crippen LogP contribution in [0, 0.1) is 5.41 Å². The summed E-state index contributed by atoms with van der Waals surface area (Å²) in [7, 11) is 0. The van der Waals surface area contributed by atoms with E-state index in [1.165, 1.54) is 19.3 Å². The summed E-state index contributed by atoms with van der Waals surface area (Å²) in [5, 5.41) is 3.44. The highest BCUT2D eigenvalue weighted by atomic mass is 35.5. The first-order valence-electron chi connectivity index (χ1n) is 8.49. The van der Waals surface area contributed by atoms with Crippen molar-refractivity contribution in [2.24, 2.45) is 5.41 Å². The molecule has 1 N–H and O–H groups in total. The molecule has 1 amide bonds. The molecule has 0 saturated carbocycles. The summed E-state index contributed by atoms with van der Waals surface area (Å²) in [5.41, 5.74) is 1.45. The second-order valence-electron chi connectivity index (χ2n) is 6.99. The monoisotopic (exact) mass is 336 g/mol. The number of likely N-dealkylation sites (tertiary alicyclic amines) is 1. The number of para-hydroxylation sites is 1. The molecule has 126 valence electrons. The van der Waals surface area contributed by atoms with Gasteiger partial charge in [-0.3, -0.25) is 4.79 Å². The van der Waals surface area contributed by atoms with Gasteiger partial charge in [-0.1, -0.05) is 18.2 Å². The summed E-state index contributed by atoms with van der Waals surface area (Å²) in [4.78, 5) is 15.2. The Labute approximate surface area is 144 Å². The summed E-state index contributed by atoms with van der Waals surface area (Å²) in [5.74, 6) is 1.19. The van der Waals surface area contributed by atoms with E-state index in [4.69, 9.17) is 4.74 Å². The zero-order chi connectivity index (χ0) is 15.0. The van der Waals surface area contributed by atoms with E-state index in [0.717, 1.165) is 43.9 Å². The molecule has 2 fully saturated rings. The number of ether oxygens (including phenoxy) is 1. The molecule has 3 heterocycles. The third-order valence-corrected chi connectivity index (χ3v) is 5.67. The average Bonchev–Trinajstić information content (AvgIpc) is 2.98. The molecule has 1 aromatic rings. The topological polar surface area (TPSA) is 41.6 Å². The van der Waals surface area contributed by atoms with Crippen LogP contribution in [-0.4, -0.2) is 43.6 Å². The molecular formula is C18H25ClN2O2. The Morgan fingerprint density at radius 2 is 2.00 bits per heavy atom. The van der Waals surface area contributed by atoms with Crippen molar-refractivity contribution in [2.45, 2.75) is 31.6 Å². The fourth-order valence-electron chi connectivity index (χ4n) is 4.31. The van der Waals surface area contributed by atoms with Crippen LogP contribution in [0.5, 0.6) is 5.75 Å². The minimum absolute atomic E-state index is 0. The Morgan fingerprint density at radius 1 is 1.22 bits per heavy atom. The molecule has 0 radical (unpaired) electrons. The maximum atomic E-state index is 13.0. The molecule has 5 heteroatoms. The Kier molecular flexibility index (Phi) is 4.83. The Hall–Kier alpha value is -1.26. The van der Waals surface area contributed by atoms with E-state index in [2.05, 4.69) is 10.2 Å². The van der Waals surface area contributed by atoms with Crippen molar-refractivity contribution in [3.8, 4) is 5.75 Å². The van der Waals surface area contributed by atoms with Crippen LogP contribution in [0.15, 0.2) is 24.3 Å². The standard InChI is InChI=1S/C18H24N2O2.ClH/c21-17(15-5-12-22-16-4-2-1-3-14(15)16)20-11-8-18(13-20)6-9-19-10-7-18;/h1-4,15,19H,5-13H2;1H. The summed E-state index contributed by atoms with van der Waals surface area (Å²) >= 11 is 0. The van der Waals surface area contributed by atoms with E-state index >= 15 is 0 Å². The van der Waals surface area contributed by atoms with E-state index < -0.39 is 0 Å². The van der Waals surface area contributed by atoms with Crippen LogP contribution in [0.1, 0.15) is 37.2 Å². The van der Waals surface area contributed by atoms with Crippen LogP contribution >= 0.6 is 12.4 Å². The third kappa shape index (κ3) is 3.07. The van der Waals surface area contributed by atoms with Crippen molar-refractivity contribution >= 4 is 18.3 Å². The number of hydrogen-bond acceptors (Lipinski definition) is 3. The van der Waals surface area contributed by atoms with Crippen molar-refractivity contribution < 1.29 is 9.53 Å². The van der Waals surface area contributed by atoms with Gasteiger partial charge in [0.25, 0.3) is 0 Å². The van der Waals surface area contributed by atoms with Crippen molar-refractivity contribution in [3.63, 3.8) is 0 Å². The van der Waals surface area contributed by atoms with Crippen molar-refractivity contribution in [2.75, 3.05) is 32.8 Å². The van der Waals surface area contributed by atoms with Crippen LogP contribution in [0.25, 0.3) is 0 Å². The number of rotatable bonds is 1. The van der Waals surface area contributed by atoms with Gasteiger partial charge in [0.05, 0.1) is 12.5 Å². The van der Waals surface area contributed by atoms with Gasteiger partial charge in [-0.15, -0.1) is 12.4 Å². The van der Waals surface area contributed by atoms with Crippen LogP contribution in [-0.2, 0) is 4.79 Å². The normalized spacial score (nSPS) is 25.4. The minimum atomic E-state index is -0.0122. The maximum Gasteiger partial charge on any atom is 0.230 e. The number of amides is 1. The largest absolute Gasteiger partial charge is 0.493 e. The molecule has 1 spiro atoms. The van der Waals surface area contributed by atoms with Gasteiger partial charge in [0.1, 0.15) is 5.75 Å². The van der Waals surface area contributed by atoms with Gasteiger partial charge in [-0.05, 0) is 50.3 Å². The molecule has 0 aromatic heterocycles. The van der Waals surface area contributed by atoms with E-state index in [0.29, 0.717) is 17.9 Å². The number of benzene rings is 1. The first-order chi connectivity index (χ1) is 10.8. The van der Waals surface area contributed by atoms with Gasteiger partial charge in [-0.25, -0.2) is 0 Å². The predicted octanol–water partition coefficient (Wildman–Crippen LogP) is 2.58. The van der Waals surface area contributed by atoms with Crippen LogP contribution < -0.4 is 10.1 Å². The predicted molar refractivity (Wildman–Crippen MR) is 92.3 cm³/mol. The van der Waals surface area contributed by atoms with E-state index in [-0.39, 0.29) is 18.3 Å². The van der Waals surface area contributed by atoms with Gasteiger partial charge in [0.15, 0.2) is 0 Å². The summed E-state index contributed by atoms with van der Waals surface area (Å²) in [6.07, 6.45) is 4.40. The second-order valence-corrected chi connectivity index (χ2v) is 6.99.